The van der Waals surface area contributed by atoms with Gasteiger partial charge >= 0.3 is 0 Å². The maximum Gasteiger partial charge on any atom is 0.253 e. The fourth-order valence-electron chi connectivity index (χ4n) is 4.60. The monoisotopic (exact) mass is 604 g/mol. The van der Waals surface area contributed by atoms with Crippen molar-refractivity contribution in [1.82, 2.24) is 0 Å². The number of amides is 1. The van der Waals surface area contributed by atoms with Crippen molar-refractivity contribution >= 4 is 48.5 Å². The summed E-state index contributed by atoms with van der Waals surface area (Å²) < 4.78 is 61.4. The normalized spacial score (nSPS) is 13.7. The maximum absolute atomic E-state index is 14.5. The van der Waals surface area contributed by atoms with Crippen LogP contribution >= 0.6 is 15.9 Å². The van der Waals surface area contributed by atoms with Crippen molar-refractivity contribution in [2.45, 2.75) is 31.9 Å². The average Bonchev–Trinajstić information content (AvgIpc) is 3.63. The van der Waals surface area contributed by atoms with Crippen LogP contribution in [0.4, 0.5) is 14.5 Å². The molecule has 1 amide bonds. The van der Waals surface area contributed by atoms with Gasteiger partial charge in [0, 0.05) is 17.0 Å². The Morgan fingerprint density at radius 3 is 2.42 bits per heavy atom. The van der Waals surface area contributed by atoms with Crippen molar-refractivity contribution in [3.63, 3.8) is 0 Å². The molecule has 0 saturated heterocycles. The lowest BCUT2D eigenvalue weighted by atomic mass is 10.0. The van der Waals surface area contributed by atoms with Gasteiger partial charge in [-0.3, -0.25) is 9.10 Å². The molecule has 0 atom stereocenters. The van der Waals surface area contributed by atoms with E-state index in [0.717, 1.165) is 23.4 Å². The van der Waals surface area contributed by atoms with Gasteiger partial charge in [-0.1, -0.05) is 6.07 Å². The molecule has 0 bridgehead atoms. The van der Waals surface area contributed by atoms with E-state index in [1.165, 1.54) is 36.4 Å². The van der Waals surface area contributed by atoms with E-state index in [1.807, 2.05) is 0 Å². The number of nitrogens with two attached hydrogens (primary N) is 1. The highest BCUT2D eigenvalue weighted by atomic mass is 79.9. The third-order valence-electron chi connectivity index (χ3n) is 6.54. The number of primary amides is 1. The van der Waals surface area contributed by atoms with E-state index in [4.69, 9.17) is 10.2 Å². The molecule has 7 nitrogen and oxygen atoms in total. The zero-order valence-corrected chi connectivity index (χ0v) is 22.6. The molecule has 1 heterocycles. The molecular formula is C27H23BrF2N2O5S. The minimum Gasteiger partial charge on any atom is -0.455 e. The smallest absolute Gasteiger partial charge is 0.253 e. The number of furan rings is 1. The van der Waals surface area contributed by atoms with Crippen LogP contribution in [0.2, 0.25) is 0 Å². The van der Waals surface area contributed by atoms with Crippen LogP contribution in [-0.2, 0) is 23.2 Å². The Bertz CT molecular complexity index is 1680. The highest BCUT2D eigenvalue weighted by Gasteiger charge is 2.33. The van der Waals surface area contributed by atoms with Crippen LogP contribution in [-0.4, -0.2) is 25.7 Å². The van der Waals surface area contributed by atoms with Crippen molar-refractivity contribution in [1.29, 1.82) is 0 Å². The van der Waals surface area contributed by atoms with E-state index in [9.17, 15) is 27.1 Å². The van der Waals surface area contributed by atoms with Gasteiger partial charge in [0.05, 0.1) is 35.1 Å². The van der Waals surface area contributed by atoms with Crippen molar-refractivity contribution < 1.29 is 31.5 Å². The predicted octanol–water partition coefficient (Wildman–Crippen LogP) is 5.58. The molecule has 3 N–H and O–H groups in total. The number of nitrogens with zero attached hydrogens (tertiary/aromatic N) is 1. The Morgan fingerprint density at radius 2 is 1.84 bits per heavy atom. The molecular weight excluding hydrogens is 582 g/mol. The van der Waals surface area contributed by atoms with E-state index in [0.29, 0.717) is 27.8 Å². The van der Waals surface area contributed by atoms with Crippen LogP contribution in [0.25, 0.3) is 22.3 Å². The molecule has 1 saturated carbocycles. The zero-order chi connectivity index (χ0) is 27.4. The zero-order valence-electron chi connectivity index (χ0n) is 20.2. The topological polar surface area (TPSA) is 114 Å². The number of aliphatic hydroxyl groups is 1. The van der Waals surface area contributed by atoms with Crippen LogP contribution in [0.5, 0.6) is 0 Å². The summed E-state index contributed by atoms with van der Waals surface area (Å²) in [6, 6.07) is 11.4. The first-order chi connectivity index (χ1) is 18.0. The third-order valence-corrected chi connectivity index (χ3v) is 8.55. The summed E-state index contributed by atoms with van der Waals surface area (Å²) in [7, 11) is -3.87. The van der Waals surface area contributed by atoms with Gasteiger partial charge in [-0.2, -0.15) is 0 Å². The molecule has 1 fully saturated rings. The molecule has 5 rings (SSSR count). The summed E-state index contributed by atoms with van der Waals surface area (Å²) >= 11 is 3.10. The lowest BCUT2D eigenvalue weighted by Crippen LogP contribution is -2.30. The van der Waals surface area contributed by atoms with E-state index >= 15 is 0 Å². The Hall–Kier alpha value is -3.28. The number of benzene rings is 3. The van der Waals surface area contributed by atoms with Crippen LogP contribution in [0.1, 0.15) is 45.8 Å². The fourth-order valence-corrected chi connectivity index (χ4v) is 5.85. The Morgan fingerprint density at radius 1 is 1.16 bits per heavy atom. The number of halogens is 3. The molecule has 0 spiro atoms. The number of carbonyl (C=O) groups excluding carboxylic acids is 1. The summed E-state index contributed by atoms with van der Waals surface area (Å²) in [6.45, 7) is -0.632. The molecule has 4 aromatic rings. The van der Waals surface area contributed by atoms with Gasteiger partial charge in [-0.05, 0) is 87.8 Å². The molecule has 3 aromatic carbocycles. The standard InChI is InChI=1S/C27H23BrF2N2O5S/c1-38(35,36)32(12-14-8-17(13-33)25(28)21(30)9-14)22-11-23-20(10-19(22)15-2-3-15)24(27(31)34)26(37-23)16-4-6-18(29)7-5-16/h4-11,15,33H,2-3,12-13H2,1H3,(H2,31,34). The van der Waals surface area contributed by atoms with Crippen molar-refractivity contribution in [3.8, 4) is 11.3 Å². The van der Waals surface area contributed by atoms with Crippen LogP contribution in [0, 0.1) is 11.6 Å². The Kier molecular flexibility index (Phi) is 6.79. The second kappa shape index (κ2) is 9.79. The SMILES string of the molecule is CS(=O)(=O)N(Cc1cc(F)c(Br)c(CO)c1)c1cc2oc(-c3ccc(F)cc3)c(C(N)=O)c2cc1C1CC1. The number of hydrogen-bond donors (Lipinski definition) is 2. The number of carbonyl (C=O) groups is 1. The van der Waals surface area contributed by atoms with Gasteiger partial charge < -0.3 is 15.3 Å². The maximum atomic E-state index is 14.5. The minimum atomic E-state index is -3.87. The second-order valence-corrected chi connectivity index (χ2v) is 12.0. The highest BCUT2D eigenvalue weighted by Crippen LogP contribution is 2.48. The molecule has 0 radical (unpaired) electrons. The number of hydrogen-bond acceptors (Lipinski definition) is 5. The largest absolute Gasteiger partial charge is 0.455 e. The molecule has 198 valence electrons. The van der Waals surface area contributed by atoms with Gasteiger partial charge in [0.1, 0.15) is 23.0 Å². The molecule has 11 heteroatoms. The number of aliphatic hydroxyl groups excluding tert-OH is 1. The first-order valence-electron chi connectivity index (χ1n) is 11.7. The first-order valence-corrected chi connectivity index (χ1v) is 14.3. The molecule has 0 unspecified atom stereocenters. The predicted molar refractivity (Wildman–Crippen MR) is 143 cm³/mol. The van der Waals surface area contributed by atoms with Crippen molar-refractivity contribution in [3.05, 3.63) is 86.9 Å². The van der Waals surface area contributed by atoms with Gasteiger partial charge in [-0.15, -0.1) is 0 Å². The van der Waals surface area contributed by atoms with Gasteiger partial charge in [0.15, 0.2) is 0 Å². The fraction of sp³-hybridized carbons (Fsp3) is 0.222. The lowest BCUT2D eigenvalue weighted by Gasteiger charge is -2.25. The second-order valence-electron chi connectivity index (χ2n) is 9.34. The number of rotatable bonds is 8. The number of anilines is 1. The lowest BCUT2D eigenvalue weighted by molar-refractivity contribution is 0.100. The third kappa shape index (κ3) is 4.93. The van der Waals surface area contributed by atoms with E-state index in [2.05, 4.69) is 15.9 Å². The molecule has 1 aliphatic rings. The van der Waals surface area contributed by atoms with Crippen LogP contribution in [0.15, 0.2) is 57.4 Å². The van der Waals surface area contributed by atoms with E-state index < -0.39 is 34.2 Å². The average molecular weight is 605 g/mol. The summed E-state index contributed by atoms with van der Waals surface area (Å²) in [5, 5.41) is 10.0. The Balaban J connectivity index is 1.71. The summed E-state index contributed by atoms with van der Waals surface area (Å²) in [5.41, 5.74) is 8.16. The van der Waals surface area contributed by atoms with Gasteiger partial charge in [0.25, 0.3) is 5.91 Å². The van der Waals surface area contributed by atoms with Crippen molar-refractivity contribution in [2.75, 3.05) is 10.6 Å². The van der Waals surface area contributed by atoms with Crippen LogP contribution in [0.3, 0.4) is 0 Å². The number of sulfonamides is 1. The molecule has 1 aliphatic carbocycles. The molecule has 1 aromatic heterocycles. The van der Waals surface area contributed by atoms with Gasteiger partial charge in [0.2, 0.25) is 10.0 Å². The summed E-state index contributed by atoms with van der Waals surface area (Å²) in [6.07, 6.45) is 2.70. The van der Waals surface area contributed by atoms with E-state index in [-0.39, 0.29) is 39.4 Å². The minimum absolute atomic E-state index is 0.0539. The first kappa shape index (κ1) is 26.3. The Labute approximate surface area is 226 Å². The van der Waals surface area contributed by atoms with E-state index in [1.54, 1.807) is 12.1 Å². The van der Waals surface area contributed by atoms with Gasteiger partial charge in [-0.25, -0.2) is 17.2 Å². The van der Waals surface area contributed by atoms with Crippen LogP contribution < -0.4 is 10.0 Å². The summed E-state index contributed by atoms with van der Waals surface area (Å²) in [5.74, 6) is -1.61. The molecule has 38 heavy (non-hydrogen) atoms. The quantitative estimate of drug-likeness (QED) is 0.273. The number of fused-ring (bicyclic) bond motifs is 1. The summed E-state index contributed by atoms with van der Waals surface area (Å²) in [4.78, 5) is 12.5. The highest BCUT2D eigenvalue weighted by molar-refractivity contribution is 9.10. The molecule has 0 aliphatic heterocycles. The van der Waals surface area contributed by atoms with Crippen molar-refractivity contribution in [2.24, 2.45) is 5.73 Å².